The highest BCUT2D eigenvalue weighted by Crippen LogP contribution is 2.59. The first-order chi connectivity index (χ1) is 26.2. The van der Waals surface area contributed by atoms with Crippen LogP contribution in [-0.4, -0.2) is 4.40 Å². The largest absolute Gasteiger partial charge is 0.306 e. The standard InChI is InChI=1S/C53H45NO/c1-50(2)26-52(5,6)44-40-47-38-32(16-12-18-34(38)42(44)50)36-24-31(30-22-20-29(21-23-30)28-14-10-9-11-15-28)25-37-33-17-13-19-35-39(33)48(54(47)46(36)37)41(49(40)55)45-43(35)51(3,4)27-53(45,7)8/h9-25H,26-27H2,1-8H3. The average molecular weight is 712 g/mol. The molecular formula is C53H45NO. The van der Waals surface area contributed by atoms with Crippen molar-refractivity contribution in [3.63, 3.8) is 0 Å². The molecule has 0 N–H and O–H groups in total. The minimum Gasteiger partial charge on any atom is -0.306 e. The highest BCUT2D eigenvalue weighted by molar-refractivity contribution is 6.35. The molecule has 2 aliphatic carbocycles. The molecule has 10 aromatic rings. The molecule has 0 spiro atoms. The lowest BCUT2D eigenvalue weighted by atomic mass is 9.77. The van der Waals surface area contributed by atoms with Gasteiger partial charge in [0.25, 0.3) is 0 Å². The Balaban J connectivity index is 1.37. The number of rotatable bonds is 2. The van der Waals surface area contributed by atoms with Gasteiger partial charge in [-0.15, -0.1) is 0 Å². The van der Waals surface area contributed by atoms with Crippen LogP contribution < -0.4 is 5.43 Å². The van der Waals surface area contributed by atoms with Crippen LogP contribution in [0.15, 0.2) is 108 Å². The minimum atomic E-state index is -0.156. The number of fused-ring (bicyclic) bond motifs is 8. The Morgan fingerprint density at radius 1 is 0.382 bits per heavy atom. The molecular weight excluding hydrogens is 667 g/mol. The van der Waals surface area contributed by atoms with Crippen molar-refractivity contribution >= 4 is 70.4 Å². The molecule has 0 saturated heterocycles. The second-order valence-electron chi connectivity index (χ2n) is 19.8. The number of hydrogen-bond acceptors (Lipinski definition) is 1. The summed E-state index contributed by atoms with van der Waals surface area (Å²) in [5.41, 5.74) is 13.4. The molecule has 0 fully saturated rings. The van der Waals surface area contributed by atoms with E-state index in [4.69, 9.17) is 0 Å². The Morgan fingerprint density at radius 2 is 0.782 bits per heavy atom. The zero-order valence-electron chi connectivity index (χ0n) is 33.1. The van der Waals surface area contributed by atoms with Crippen LogP contribution >= 0.6 is 0 Å². The van der Waals surface area contributed by atoms with Crippen LogP contribution in [0.2, 0.25) is 0 Å². The highest BCUT2D eigenvalue weighted by atomic mass is 16.1. The van der Waals surface area contributed by atoms with E-state index in [0.717, 1.165) is 34.6 Å². The Hall–Kier alpha value is -5.47. The van der Waals surface area contributed by atoms with Crippen LogP contribution in [0.5, 0.6) is 0 Å². The summed E-state index contributed by atoms with van der Waals surface area (Å²) in [7, 11) is 0. The van der Waals surface area contributed by atoms with E-state index in [1.807, 2.05) is 0 Å². The topological polar surface area (TPSA) is 21.5 Å². The molecule has 2 nitrogen and oxygen atoms in total. The van der Waals surface area contributed by atoms with Crippen molar-refractivity contribution in [3.05, 3.63) is 136 Å². The third-order valence-corrected chi connectivity index (χ3v) is 14.2. The summed E-state index contributed by atoms with van der Waals surface area (Å²) >= 11 is 0. The van der Waals surface area contributed by atoms with Crippen molar-refractivity contribution in [2.24, 2.45) is 0 Å². The lowest BCUT2D eigenvalue weighted by molar-refractivity contribution is 0.405. The molecule has 0 unspecified atom stereocenters. The molecule has 0 bridgehead atoms. The zero-order chi connectivity index (χ0) is 37.7. The smallest absolute Gasteiger partial charge is 0.197 e. The number of aromatic nitrogens is 1. The van der Waals surface area contributed by atoms with Crippen molar-refractivity contribution in [3.8, 4) is 22.3 Å². The van der Waals surface area contributed by atoms with E-state index in [1.54, 1.807) is 0 Å². The SMILES string of the molecule is CC1(C)CC(C)(C)c2c1c1cccc3c4cc(-c5ccc(-c6ccccc6)cc5)cc5c6cccc7c8c(c9c(=O)c2c(c13)n(c45)c9c76)C(C)(C)CC8(C)C. The summed E-state index contributed by atoms with van der Waals surface area (Å²) in [6.45, 7) is 19.1. The van der Waals surface area contributed by atoms with E-state index in [0.29, 0.717) is 0 Å². The third kappa shape index (κ3) is 3.70. The summed E-state index contributed by atoms with van der Waals surface area (Å²) in [5.74, 6) is 0. The van der Waals surface area contributed by atoms with Crippen molar-refractivity contribution in [1.82, 2.24) is 4.40 Å². The first-order valence-corrected chi connectivity index (χ1v) is 20.2. The molecule has 0 amide bonds. The quantitative estimate of drug-likeness (QED) is 0.129. The van der Waals surface area contributed by atoms with Crippen molar-refractivity contribution in [2.75, 3.05) is 0 Å². The first-order valence-electron chi connectivity index (χ1n) is 20.2. The van der Waals surface area contributed by atoms with Crippen molar-refractivity contribution < 1.29 is 0 Å². The van der Waals surface area contributed by atoms with Gasteiger partial charge in [0, 0.05) is 21.5 Å². The van der Waals surface area contributed by atoms with Gasteiger partial charge in [0.15, 0.2) is 5.43 Å². The van der Waals surface area contributed by atoms with E-state index in [1.165, 1.54) is 93.1 Å². The lowest BCUT2D eigenvalue weighted by Gasteiger charge is -2.30. The van der Waals surface area contributed by atoms with Gasteiger partial charge in [0.2, 0.25) is 0 Å². The summed E-state index contributed by atoms with van der Waals surface area (Å²) in [5, 5.41) is 12.0. The van der Waals surface area contributed by atoms with E-state index in [-0.39, 0.29) is 27.1 Å². The van der Waals surface area contributed by atoms with Gasteiger partial charge >= 0.3 is 0 Å². The van der Waals surface area contributed by atoms with Crippen molar-refractivity contribution in [2.45, 2.75) is 89.9 Å². The fourth-order valence-electron chi connectivity index (χ4n) is 13.1. The minimum absolute atomic E-state index is 0.0809. The lowest BCUT2D eigenvalue weighted by Crippen LogP contribution is -2.22. The van der Waals surface area contributed by atoms with E-state index >= 15 is 4.79 Å². The van der Waals surface area contributed by atoms with Gasteiger partial charge in [0.05, 0.1) is 27.3 Å². The molecule has 2 heteroatoms. The van der Waals surface area contributed by atoms with E-state index in [2.05, 4.69) is 163 Å². The summed E-state index contributed by atoms with van der Waals surface area (Å²) in [4.78, 5) is 16.1. The summed E-state index contributed by atoms with van der Waals surface area (Å²) in [6, 6.07) is 38.5. The van der Waals surface area contributed by atoms with Crippen LogP contribution in [0.25, 0.3) is 92.7 Å². The molecule has 0 aliphatic heterocycles. The van der Waals surface area contributed by atoms with Gasteiger partial charge in [-0.3, -0.25) is 4.79 Å². The van der Waals surface area contributed by atoms with Crippen LogP contribution in [0, 0.1) is 0 Å². The molecule has 0 atom stereocenters. The predicted octanol–water partition coefficient (Wildman–Crippen LogP) is 13.8. The fraction of sp³-hybridized carbons (Fsp3) is 0.264. The molecule has 3 heterocycles. The molecule has 268 valence electrons. The number of nitrogens with zero attached hydrogens (tertiary/aromatic N) is 1. The number of benzene rings is 7. The van der Waals surface area contributed by atoms with Gasteiger partial charge in [-0.05, 0) is 113 Å². The van der Waals surface area contributed by atoms with Gasteiger partial charge in [0.1, 0.15) is 0 Å². The normalized spacial score (nSPS) is 18.3. The average Bonchev–Trinajstić information content (AvgIpc) is 3.49. The Bertz CT molecular complexity index is 3180. The second-order valence-corrected chi connectivity index (χ2v) is 19.8. The molecule has 12 rings (SSSR count). The van der Waals surface area contributed by atoms with Crippen LogP contribution in [0.4, 0.5) is 0 Å². The highest BCUT2D eigenvalue weighted by Gasteiger charge is 2.49. The Morgan fingerprint density at radius 3 is 1.25 bits per heavy atom. The molecule has 3 aromatic heterocycles. The van der Waals surface area contributed by atoms with Gasteiger partial charge in [-0.25, -0.2) is 0 Å². The van der Waals surface area contributed by atoms with Crippen LogP contribution in [0.1, 0.15) is 90.5 Å². The Kier molecular flexibility index (Phi) is 5.59. The van der Waals surface area contributed by atoms with Crippen molar-refractivity contribution in [1.29, 1.82) is 0 Å². The maximum atomic E-state index is 16.1. The van der Waals surface area contributed by atoms with Gasteiger partial charge in [-0.2, -0.15) is 0 Å². The summed E-state index contributed by atoms with van der Waals surface area (Å²) < 4.78 is 2.60. The van der Waals surface area contributed by atoms with Crippen LogP contribution in [0.3, 0.4) is 0 Å². The third-order valence-electron chi connectivity index (χ3n) is 14.2. The number of pyridine rings is 3. The van der Waals surface area contributed by atoms with Gasteiger partial charge in [-0.1, -0.05) is 146 Å². The number of hydrogen-bond donors (Lipinski definition) is 0. The maximum absolute atomic E-state index is 16.1. The summed E-state index contributed by atoms with van der Waals surface area (Å²) in [6.07, 6.45) is 2.01. The Labute approximate surface area is 321 Å². The molecule has 0 radical (unpaired) electrons. The van der Waals surface area contributed by atoms with Crippen LogP contribution in [-0.2, 0) is 21.7 Å². The molecule has 7 aromatic carbocycles. The first kappa shape index (κ1) is 31.8. The molecule has 55 heavy (non-hydrogen) atoms. The monoisotopic (exact) mass is 711 g/mol. The molecule has 0 saturated carbocycles. The van der Waals surface area contributed by atoms with Gasteiger partial charge < -0.3 is 4.40 Å². The zero-order valence-corrected chi connectivity index (χ0v) is 33.1. The van der Waals surface area contributed by atoms with E-state index < -0.39 is 0 Å². The second kappa shape index (κ2) is 9.66. The maximum Gasteiger partial charge on any atom is 0.197 e. The van der Waals surface area contributed by atoms with E-state index in [9.17, 15) is 0 Å². The fourth-order valence-corrected chi connectivity index (χ4v) is 13.1. The predicted molar refractivity (Wildman–Crippen MR) is 234 cm³/mol. The molecule has 2 aliphatic rings.